The molecule has 0 bridgehead atoms. The zero-order valence-corrected chi connectivity index (χ0v) is 46.9. The van der Waals surface area contributed by atoms with Crippen molar-refractivity contribution in [3.63, 3.8) is 0 Å². The minimum Gasteiger partial charge on any atom is -0.393 e. The number of aliphatic hydroxyl groups excluding tert-OH is 1. The van der Waals surface area contributed by atoms with Gasteiger partial charge in [0.25, 0.3) is 0 Å². The summed E-state index contributed by atoms with van der Waals surface area (Å²) < 4.78 is 0. The van der Waals surface area contributed by atoms with Gasteiger partial charge in [-0.25, -0.2) is 0 Å². The number of rotatable bonds is 53. The summed E-state index contributed by atoms with van der Waals surface area (Å²) in [5.74, 6) is 0.823. The molecular formula is C62H123N3O3. The van der Waals surface area contributed by atoms with Gasteiger partial charge in [0.2, 0.25) is 11.8 Å². The molecule has 0 aliphatic heterocycles. The number of amides is 2. The van der Waals surface area contributed by atoms with Crippen LogP contribution >= 0.6 is 0 Å². The lowest BCUT2D eigenvalue weighted by molar-refractivity contribution is -0.132. The highest BCUT2D eigenvalue weighted by atomic mass is 16.3. The summed E-state index contributed by atoms with van der Waals surface area (Å²) in [5, 5.41) is 10.6. The Balaban J connectivity index is 2.45. The molecule has 0 aromatic heterocycles. The van der Waals surface area contributed by atoms with Crippen LogP contribution in [0.25, 0.3) is 0 Å². The third-order valence-corrected chi connectivity index (χ3v) is 15.6. The van der Waals surface area contributed by atoms with Crippen LogP contribution in [0.4, 0.5) is 0 Å². The molecule has 1 aliphatic rings. The van der Waals surface area contributed by atoms with Gasteiger partial charge in [-0.05, 0) is 90.1 Å². The van der Waals surface area contributed by atoms with Crippen LogP contribution in [0.5, 0.6) is 0 Å². The van der Waals surface area contributed by atoms with Gasteiger partial charge in [-0.3, -0.25) is 9.59 Å². The van der Waals surface area contributed by atoms with Gasteiger partial charge in [0.15, 0.2) is 0 Å². The fourth-order valence-electron chi connectivity index (χ4n) is 11.0. The Bertz CT molecular complexity index is 944. The molecule has 1 rings (SSSR count). The maximum atomic E-state index is 13.5. The van der Waals surface area contributed by atoms with E-state index in [0.717, 1.165) is 97.1 Å². The molecule has 404 valence electrons. The number of hydrogen-bond acceptors (Lipinski definition) is 4. The van der Waals surface area contributed by atoms with Crippen LogP contribution in [0.3, 0.4) is 0 Å². The van der Waals surface area contributed by atoms with Crippen molar-refractivity contribution < 1.29 is 14.7 Å². The summed E-state index contributed by atoms with van der Waals surface area (Å²) in [7, 11) is 0. The second kappa shape index (κ2) is 50.8. The van der Waals surface area contributed by atoms with Crippen LogP contribution in [-0.4, -0.2) is 83.0 Å². The molecule has 2 atom stereocenters. The fourth-order valence-corrected chi connectivity index (χ4v) is 11.0. The summed E-state index contributed by atoms with van der Waals surface area (Å²) in [6.45, 7) is 15.3. The summed E-state index contributed by atoms with van der Waals surface area (Å²) in [5.41, 5.74) is 0. The van der Waals surface area contributed by atoms with E-state index in [1.165, 1.54) is 250 Å². The standard InChI is InChI=1S/C62H123N3O3/c1-5-9-13-17-21-25-33-43-54-64(55-44-34-26-22-18-14-10-6-2)61(67)50-39-31-29-37-41-52-63(59-48-47-49-60(66)58-59)53-42-38-30-32-40-51-62(68)65(56-45-35-27-23-19-15-11-7-3)57-46-36-28-24-20-16-12-8-4/h59-60,66H,5-58H2,1-4H3/t59-,60+/m0/s1. The molecule has 0 unspecified atom stereocenters. The number of aliphatic hydroxyl groups is 1. The summed E-state index contributed by atoms with van der Waals surface area (Å²) in [6, 6.07) is 0.523. The van der Waals surface area contributed by atoms with Crippen molar-refractivity contribution in [1.29, 1.82) is 0 Å². The predicted octanol–water partition coefficient (Wildman–Crippen LogP) is 18.5. The van der Waals surface area contributed by atoms with E-state index < -0.39 is 0 Å². The van der Waals surface area contributed by atoms with Crippen molar-refractivity contribution in [2.45, 2.75) is 348 Å². The smallest absolute Gasteiger partial charge is 0.222 e. The molecule has 0 aromatic carbocycles. The molecule has 6 heteroatoms. The predicted molar refractivity (Wildman–Crippen MR) is 299 cm³/mol. The van der Waals surface area contributed by atoms with E-state index in [0.29, 0.717) is 17.9 Å². The van der Waals surface area contributed by atoms with E-state index in [1.54, 1.807) is 0 Å². The highest BCUT2D eigenvalue weighted by Gasteiger charge is 2.25. The monoisotopic (exact) mass is 958 g/mol. The molecule has 0 heterocycles. The maximum Gasteiger partial charge on any atom is 0.222 e. The van der Waals surface area contributed by atoms with Gasteiger partial charge in [-0.1, -0.05) is 246 Å². The van der Waals surface area contributed by atoms with Crippen LogP contribution in [-0.2, 0) is 9.59 Å². The van der Waals surface area contributed by atoms with E-state index in [1.807, 2.05) is 0 Å². The average molecular weight is 959 g/mol. The van der Waals surface area contributed by atoms with Crippen LogP contribution in [0.15, 0.2) is 0 Å². The number of carbonyl (C=O) groups is 2. The van der Waals surface area contributed by atoms with Crippen molar-refractivity contribution in [2.24, 2.45) is 0 Å². The lowest BCUT2D eigenvalue weighted by atomic mass is 9.91. The van der Waals surface area contributed by atoms with Gasteiger partial charge in [-0.15, -0.1) is 0 Å². The highest BCUT2D eigenvalue weighted by Crippen LogP contribution is 2.25. The first kappa shape index (κ1) is 64.9. The zero-order valence-electron chi connectivity index (χ0n) is 46.9. The molecule has 0 aromatic rings. The van der Waals surface area contributed by atoms with Crippen LogP contribution in [0.1, 0.15) is 336 Å². The average Bonchev–Trinajstić information content (AvgIpc) is 3.34. The van der Waals surface area contributed by atoms with Crippen molar-refractivity contribution in [2.75, 3.05) is 39.3 Å². The number of hydrogen-bond donors (Lipinski definition) is 1. The normalized spacial score (nSPS) is 15.1. The molecule has 6 nitrogen and oxygen atoms in total. The minimum absolute atomic E-state index is 0.136. The summed E-state index contributed by atoms with van der Waals surface area (Å²) in [4.78, 5) is 34.2. The Morgan fingerprint density at radius 1 is 0.338 bits per heavy atom. The van der Waals surface area contributed by atoms with E-state index >= 15 is 0 Å². The topological polar surface area (TPSA) is 64.1 Å². The van der Waals surface area contributed by atoms with E-state index in [9.17, 15) is 14.7 Å². The lowest BCUT2D eigenvalue weighted by Gasteiger charge is -2.36. The van der Waals surface area contributed by atoms with Crippen LogP contribution in [0.2, 0.25) is 0 Å². The first-order valence-corrected chi connectivity index (χ1v) is 31.4. The minimum atomic E-state index is -0.136. The number of carbonyl (C=O) groups excluding carboxylic acids is 2. The van der Waals surface area contributed by atoms with E-state index in [-0.39, 0.29) is 6.10 Å². The Morgan fingerprint density at radius 3 is 0.868 bits per heavy atom. The van der Waals surface area contributed by atoms with Crippen molar-refractivity contribution >= 4 is 11.8 Å². The molecular weight excluding hydrogens is 835 g/mol. The maximum absolute atomic E-state index is 13.5. The quantitative estimate of drug-likeness (QED) is 0.0617. The highest BCUT2D eigenvalue weighted by molar-refractivity contribution is 5.76. The van der Waals surface area contributed by atoms with Gasteiger partial charge in [0.05, 0.1) is 6.10 Å². The van der Waals surface area contributed by atoms with Gasteiger partial charge >= 0.3 is 0 Å². The molecule has 0 saturated heterocycles. The zero-order chi connectivity index (χ0) is 49.2. The van der Waals surface area contributed by atoms with E-state index in [4.69, 9.17) is 0 Å². The third-order valence-electron chi connectivity index (χ3n) is 15.6. The third kappa shape index (κ3) is 40.5. The van der Waals surface area contributed by atoms with Crippen LogP contribution in [0, 0.1) is 0 Å². The Kier molecular flexibility index (Phi) is 48.5. The lowest BCUT2D eigenvalue weighted by Crippen LogP contribution is -2.41. The first-order chi connectivity index (χ1) is 33.5. The Hall–Kier alpha value is -1.14. The van der Waals surface area contributed by atoms with Crippen LogP contribution < -0.4 is 0 Å². The first-order valence-electron chi connectivity index (χ1n) is 31.4. The van der Waals surface area contributed by atoms with E-state index in [2.05, 4.69) is 42.4 Å². The molecule has 1 N–H and O–H groups in total. The molecule has 68 heavy (non-hydrogen) atoms. The molecule has 1 saturated carbocycles. The fraction of sp³-hybridized carbons (Fsp3) is 0.968. The largest absolute Gasteiger partial charge is 0.393 e. The Labute approximate surface area is 426 Å². The van der Waals surface area contributed by atoms with Gasteiger partial charge in [0.1, 0.15) is 0 Å². The number of nitrogens with zero attached hydrogens (tertiary/aromatic N) is 3. The number of unbranched alkanes of at least 4 members (excludes halogenated alkanes) is 36. The Morgan fingerprint density at radius 2 is 0.588 bits per heavy atom. The second-order valence-corrected chi connectivity index (χ2v) is 22.2. The van der Waals surface area contributed by atoms with Crippen molar-refractivity contribution in [3.05, 3.63) is 0 Å². The molecule has 0 spiro atoms. The molecule has 1 fully saturated rings. The molecule has 1 aliphatic carbocycles. The second-order valence-electron chi connectivity index (χ2n) is 22.2. The van der Waals surface area contributed by atoms with Gasteiger partial charge in [-0.2, -0.15) is 0 Å². The van der Waals surface area contributed by atoms with Gasteiger partial charge < -0.3 is 19.8 Å². The molecule has 2 amide bonds. The van der Waals surface area contributed by atoms with Crippen molar-refractivity contribution in [1.82, 2.24) is 14.7 Å². The van der Waals surface area contributed by atoms with Crippen molar-refractivity contribution in [3.8, 4) is 0 Å². The SMILES string of the molecule is CCCCCCCCCCN(CCCCCCCCCC)C(=O)CCCCCCCN(CCCCCCCC(=O)N(CCCCCCCCCC)CCCCCCCCCC)[C@H]1CCC[C@@H](O)C1. The molecule has 0 radical (unpaired) electrons. The van der Waals surface area contributed by atoms with Gasteiger partial charge in [0, 0.05) is 45.1 Å². The summed E-state index contributed by atoms with van der Waals surface area (Å²) in [6.07, 6.45) is 59.6. The summed E-state index contributed by atoms with van der Waals surface area (Å²) >= 11 is 0.